The summed E-state index contributed by atoms with van der Waals surface area (Å²) in [6, 6.07) is 5.97. The van der Waals surface area contributed by atoms with E-state index in [0.717, 1.165) is 4.57 Å². The molecule has 3 aromatic rings. The molecule has 0 saturated heterocycles. The van der Waals surface area contributed by atoms with Crippen molar-refractivity contribution in [2.24, 2.45) is 14.1 Å². The molecule has 26 heavy (non-hydrogen) atoms. The van der Waals surface area contributed by atoms with Gasteiger partial charge in [0.2, 0.25) is 5.28 Å². The fourth-order valence-electron chi connectivity index (χ4n) is 2.60. The SMILES string of the molecule is Cn1c(=O)c2c(nc(Cl)n2CCOc2ccccc2[N+](=O)[O-])n(C)c1=O. The Labute approximate surface area is 151 Å². The first-order chi connectivity index (χ1) is 12.3. The standard InChI is InChI=1S/C15H14ClN5O5/c1-18-12-11(13(22)19(2)15(18)23)20(14(16)17-12)7-8-26-10-6-4-3-5-9(10)21(24)25/h3-6H,7-8H2,1-2H3. The van der Waals surface area contributed by atoms with Gasteiger partial charge in [-0.3, -0.25) is 24.0 Å². The summed E-state index contributed by atoms with van der Waals surface area (Å²) >= 11 is 6.10. The fourth-order valence-corrected chi connectivity index (χ4v) is 2.85. The lowest BCUT2D eigenvalue weighted by Crippen LogP contribution is -2.37. The van der Waals surface area contributed by atoms with Gasteiger partial charge in [0.15, 0.2) is 16.9 Å². The first kappa shape index (κ1) is 17.7. The van der Waals surface area contributed by atoms with Crippen molar-refractivity contribution < 1.29 is 9.66 Å². The maximum Gasteiger partial charge on any atom is 0.332 e. The third kappa shape index (κ3) is 2.84. The summed E-state index contributed by atoms with van der Waals surface area (Å²) in [6.07, 6.45) is 0. The minimum Gasteiger partial charge on any atom is -0.485 e. The van der Waals surface area contributed by atoms with E-state index < -0.39 is 16.2 Å². The Balaban J connectivity index is 1.94. The number of nitro groups is 1. The van der Waals surface area contributed by atoms with Crippen LogP contribution in [0, 0.1) is 10.1 Å². The molecule has 3 rings (SSSR count). The van der Waals surface area contributed by atoms with Crippen LogP contribution in [-0.2, 0) is 20.6 Å². The van der Waals surface area contributed by atoms with Gasteiger partial charge in [-0.1, -0.05) is 12.1 Å². The number of hydrogen-bond donors (Lipinski definition) is 0. The molecule has 0 spiro atoms. The number of benzene rings is 1. The van der Waals surface area contributed by atoms with Crippen molar-refractivity contribution in [2.45, 2.75) is 6.54 Å². The normalized spacial score (nSPS) is 11.0. The molecule has 0 fully saturated rings. The van der Waals surface area contributed by atoms with Crippen LogP contribution >= 0.6 is 11.6 Å². The van der Waals surface area contributed by atoms with E-state index >= 15 is 0 Å². The molecule has 1 aromatic carbocycles. The van der Waals surface area contributed by atoms with Crippen LogP contribution in [0.25, 0.3) is 11.2 Å². The maximum atomic E-state index is 12.4. The summed E-state index contributed by atoms with van der Waals surface area (Å²) in [7, 11) is 2.85. The summed E-state index contributed by atoms with van der Waals surface area (Å²) in [6.45, 7) is 0.136. The molecule has 2 heterocycles. The van der Waals surface area contributed by atoms with Gasteiger partial charge in [-0.25, -0.2) is 4.79 Å². The number of nitrogens with zero attached hydrogens (tertiary/aromatic N) is 5. The molecule has 0 aliphatic heterocycles. The van der Waals surface area contributed by atoms with Crippen LogP contribution in [-0.4, -0.2) is 30.2 Å². The number of rotatable bonds is 5. The van der Waals surface area contributed by atoms with Crippen LogP contribution in [0.3, 0.4) is 0 Å². The van der Waals surface area contributed by atoms with Crippen LogP contribution < -0.4 is 16.0 Å². The zero-order valence-electron chi connectivity index (χ0n) is 13.9. The second kappa shape index (κ2) is 6.64. The van der Waals surface area contributed by atoms with E-state index in [2.05, 4.69) is 4.98 Å². The lowest BCUT2D eigenvalue weighted by molar-refractivity contribution is -0.385. The van der Waals surface area contributed by atoms with Crippen molar-refractivity contribution in [3.05, 3.63) is 60.5 Å². The molecule has 0 N–H and O–H groups in total. The van der Waals surface area contributed by atoms with Crippen molar-refractivity contribution in [1.82, 2.24) is 18.7 Å². The smallest absolute Gasteiger partial charge is 0.332 e. The number of nitro benzene ring substituents is 1. The van der Waals surface area contributed by atoms with Crippen molar-refractivity contribution in [3.63, 3.8) is 0 Å². The number of aryl methyl sites for hydroxylation is 1. The molecule has 0 aliphatic carbocycles. The highest BCUT2D eigenvalue weighted by atomic mass is 35.5. The van der Waals surface area contributed by atoms with Crippen molar-refractivity contribution in [3.8, 4) is 5.75 Å². The molecule has 0 unspecified atom stereocenters. The topological polar surface area (TPSA) is 114 Å². The molecular formula is C15H14ClN5O5. The Morgan fingerprint density at radius 3 is 2.62 bits per heavy atom. The average Bonchev–Trinajstić information content (AvgIpc) is 2.95. The van der Waals surface area contributed by atoms with Crippen LogP contribution in [0.15, 0.2) is 33.9 Å². The van der Waals surface area contributed by atoms with E-state index in [-0.39, 0.29) is 41.0 Å². The predicted octanol–water partition coefficient (Wildman–Crippen LogP) is 1.07. The molecule has 0 saturated carbocycles. The number of aromatic nitrogens is 4. The van der Waals surface area contributed by atoms with Crippen molar-refractivity contribution in [1.29, 1.82) is 0 Å². The second-order valence-corrected chi connectivity index (χ2v) is 5.82. The van der Waals surface area contributed by atoms with Crippen LogP contribution in [0.2, 0.25) is 5.28 Å². The largest absolute Gasteiger partial charge is 0.485 e. The first-order valence-corrected chi connectivity index (χ1v) is 7.88. The third-order valence-corrected chi connectivity index (χ3v) is 4.22. The zero-order chi connectivity index (χ0) is 19.0. The molecule has 0 aliphatic rings. The second-order valence-electron chi connectivity index (χ2n) is 5.48. The Kier molecular flexibility index (Phi) is 4.51. The van der Waals surface area contributed by atoms with Gasteiger partial charge in [0, 0.05) is 20.2 Å². The number of imidazole rings is 1. The van der Waals surface area contributed by atoms with E-state index in [1.807, 2.05) is 0 Å². The van der Waals surface area contributed by atoms with Gasteiger partial charge >= 0.3 is 11.4 Å². The number of fused-ring (bicyclic) bond motifs is 1. The summed E-state index contributed by atoms with van der Waals surface area (Å²) in [5.41, 5.74) is -0.889. The Bertz CT molecular complexity index is 1130. The van der Waals surface area contributed by atoms with Gasteiger partial charge in [-0.15, -0.1) is 0 Å². The monoisotopic (exact) mass is 379 g/mol. The zero-order valence-corrected chi connectivity index (χ0v) is 14.6. The average molecular weight is 380 g/mol. The first-order valence-electron chi connectivity index (χ1n) is 7.51. The van der Waals surface area contributed by atoms with Gasteiger partial charge in [-0.2, -0.15) is 4.98 Å². The molecule has 0 radical (unpaired) electrons. The molecule has 0 atom stereocenters. The summed E-state index contributed by atoms with van der Waals surface area (Å²) in [5.74, 6) is 0.110. The van der Waals surface area contributed by atoms with E-state index in [4.69, 9.17) is 16.3 Å². The molecular weight excluding hydrogens is 366 g/mol. The van der Waals surface area contributed by atoms with Crippen LogP contribution in [0.5, 0.6) is 5.75 Å². The molecule has 136 valence electrons. The van der Waals surface area contributed by atoms with Gasteiger partial charge in [0.25, 0.3) is 5.56 Å². The van der Waals surface area contributed by atoms with E-state index in [0.29, 0.717) is 0 Å². The van der Waals surface area contributed by atoms with Crippen LogP contribution in [0.4, 0.5) is 5.69 Å². The van der Waals surface area contributed by atoms with E-state index in [1.54, 1.807) is 6.07 Å². The summed E-state index contributed by atoms with van der Waals surface area (Å²) < 4.78 is 9.07. The highest BCUT2D eigenvalue weighted by Crippen LogP contribution is 2.26. The van der Waals surface area contributed by atoms with Gasteiger partial charge in [-0.05, 0) is 17.7 Å². The van der Waals surface area contributed by atoms with E-state index in [9.17, 15) is 19.7 Å². The molecule has 10 nitrogen and oxygen atoms in total. The summed E-state index contributed by atoms with van der Waals surface area (Å²) in [5, 5.41) is 11.0. The lowest BCUT2D eigenvalue weighted by Gasteiger charge is -2.09. The van der Waals surface area contributed by atoms with Gasteiger partial charge in [0.05, 0.1) is 11.5 Å². The highest BCUT2D eigenvalue weighted by Gasteiger charge is 2.19. The Hall–Kier alpha value is -3.14. The predicted molar refractivity (Wildman–Crippen MR) is 93.8 cm³/mol. The Morgan fingerprint density at radius 2 is 1.92 bits per heavy atom. The van der Waals surface area contributed by atoms with Crippen LogP contribution in [0.1, 0.15) is 0 Å². The molecule has 0 amide bonds. The molecule has 2 aromatic heterocycles. The fraction of sp³-hybridized carbons (Fsp3) is 0.267. The van der Waals surface area contributed by atoms with E-state index in [1.165, 1.54) is 41.4 Å². The van der Waals surface area contributed by atoms with Crippen molar-refractivity contribution >= 4 is 28.5 Å². The maximum absolute atomic E-state index is 12.4. The third-order valence-electron chi connectivity index (χ3n) is 3.94. The number of halogens is 1. The number of para-hydroxylation sites is 2. The number of hydrogen-bond acceptors (Lipinski definition) is 6. The number of ether oxygens (including phenoxy) is 1. The van der Waals surface area contributed by atoms with Gasteiger partial charge in [0.1, 0.15) is 6.61 Å². The quantitative estimate of drug-likeness (QED) is 0.372. The highest BCUT2D eigenvalue weighted by molar-refractivity contribution is 6.29. The minimum absolute atomic E-state index is 0.0159. The van der Waals surface area contributed by atoms with Crippen molar-refractivity contribution in [2.75, 3.05) is 6.61 Å². The minimum atomic E-state index is -0.541. The lowest BCUT2D eigenvalue weighted by atomic mass is 10.3. The summed E-state index contributed by atoms with van der Waals surface area (Å²) in [4.78, 5) is 38.9. The molecule has 11 heteroatoms. The Morgan fingerprint density at radius 1 is 1.23 bits per heavy atom. The molecule has 0 bridgehead atoms. The van der Waals surface area contributed by atoms with Gasteiger partial charge < -0.3 is 9.30 Å².